The molecule has 0 aliphatic rings. The van der Waals surface area contributed by atoms with E-state index in [1.165, 1.54) is 0 Å². The van der Waals surface area contributed by atoms with Gasteiger partial charge in [-0.1, -0.05) is 30.7 Å². The van der Waals surface area contributed by atoms with Crippen molar-refractivity contribution in [2.45, 2.75) is 13.3 Å². The third-order valence-corrected chi connectivity index (χ3v) is 3.19. The smallest absolute Gasteiger partial charge is 0.183 e. The molecule has 0 fully saturated rings. The lowest BCUT2D eigenvalue weighted by atomic mass is 10.2. The molecule has 0 radical (unpaired) electrons. The van der Waals surface area contributed by atoms with Crippen LogP contribution in [-0.4, -0.2) is 11.5 Å². The topological polar surface area (TPSA) is 24.9 Å². The number of thiazole rings is 1. The van der Waals surface area contributed by atoms with Gasteiger partial charge in [-0.15, -0.1) is 11.3 Å². The number of hydrogen-bond donors (Lipinski definition) is 1. The van der Waals surface area contributed by atoms with Gasteiger partial charge in [0.05, 0.1) is 5.69 Å². The molecule has 1 heterocycles. The average Bonchev–Trinajstić information content (AvgIpc) is 2.75. The van der Waals surface area contributed by atoms with E-state index in [0.29, 0.717) is 0 Å². The van der Waals surface area contributed by atoms with E-state index in [1.807, 2.05) is 29.6 Å². The maximum absolute atomic E-state index is 5.95. The number of nitrogens with zero attached hydrogens (tertiary/aromatic N) is 1. The van der Waals surface area contributed by atoms with Crippen LogP contribution in [0.3, 0.4) is 0 Å². The fraction of sp³-hybridized carbons (Fsp3) is 0.250. The maximum atomic E-state index is 5.95. The van der Waals surface area contributed by atoms with E-state index in [4.69, 9.17) is 11.6 Å². The Morgan fingerprint density at radius 1 is 1.44 bits per heavy atom. The summed E-state index contributed by atoms with van der Waals surface area (Å²) in [5, 5.41) is 7.03. The number of aromatic nitrogens is 1. The van der Waals surface area contributed by atoms with Crippen molar-refractivity contribution in [1.82, 2.24) is 4.98 Å². The molecule has 0 amide bonds. The zero-order valence-electron chi connectivity index (χ0n) is 9.03. The summed E-state index contributed by atoms with van der Waals surface area (Å²) in [6.45, 7) is 3.10. The fourth-order valence-corrected chi connectivity index (χ4v) is 2.31. The van der Waals surface area contributed by atoms with Crippen LogP contribution in [0.25, 0.3) is 11.3 Å². The standard InChI is InChI=1S/C12H13ClN2S/c1-2-6-14-12-15-11(8-16-12)9-4-3-5-10(13)7-9/h3-5,7-8H,2,6H2,1H3,(H,14,15). The highest BCUT2D eigenvalue weighted by molar-refractivity contribution is 7.14. The van der Waals surface area contributed by atoms with Crippen LogP contribution in [-0.2, 0) is 0 Å². The van der Waals surface area contributed by atoms with E-state index in [-0.39, 0.29) is 0 Å². The third-order valence-electron chi connectivity index (χ3n) is 2.15. The van der Waals surface area contributed by atoms with Gasteiger partial charge in [0.2, 0.25) is 0 Å². The second-order valence-electron chi connectivity index (χ2n) is 3.48. The number of rotatable bonds is 4. The molecule has 1 aromatic carbocycles. The van der Waals surface area contributed by atoms with Crippen LogP contribution in [0.15, 0.2) is 29.6 Å². The zero-order valence-corrected chi connectivity index (χ0v) is 10.6. The molecule has 1 aromatic heterocycles. The van der Waals surface area contributed by atoms with Crippen LogP contribution in [0, 0.1) is 0 Å². The molecule has 4 heteroatoms. The van der Waals surface area contributed by atoms with E-state index in [0.717, 1.165) is 34.4 Å². The summed E-state index contributed by atoms with van der Waals surface area (Å²) >= 11 is 7.57. The molecule has 0 aliphatic carbocycles. The highest BCUT2D eigenvalue weighted by Crippen LogP contribution is 2.26. The summed E-state index contributed by atoms with van der Waals surface area (Å²) in [7, 11) is 0. The van der Waals surface area contributed by atoms with Gasteiger partial charge < -0.3 is 5.32 Å². The van der Waals surface area contributed by atoms with E-state index in [9.17, 15) is 0 Å². The Hall–Kier alpha value is -1.06. The van der Waals surface area contributed by atoms with Crippen molar-refractivity contribution in [1.29, 1.82) is 0 Å². The second-order valence-corrected chi connectivity index (χ2v) is 4.77. The Morgan fingerprint density at radius 3 is 3.06 bits per heavy atom. The molecule has 16 heavy (non-hydrogen) atoms. The molecule has 0 unspecified atom stereocenters. The monoisotopic (exact) mass is 252 g/mol. The van der Waals surface area contributed by atoms with Crippen molar-refractivity contribution in [3.63, 3.8) is 0 Å². The predicted molar refractivity (Wildman–Crippen MR) is 71.3 cm³/mol. The molecule has 0 aliphatic heterocycles. The van der Waals surface area contributed by atoms with Crippen LogP contribution in [0.4, 0.5) is 5.13 Å². The van der Waals surface area contributed by atoms with Gasteiger partial charge >= 0.3 is 0 Å². The highest BCUT2D eigenvalue weighted by atomic mass is 35.5. The average molecular weight is 253 g/mol. The number of hydrogen-bond acceptors (Lipinski definition) is 3. The van der Waals surface area contributed by atoms with Crippen LogP contribution < -0.4 is 5.32 Å². The Labute approximate surface area is 104 Å². The van der Waals surface area contributed by atoms with Crippen molar-refractivity contribution in [2.75, 3.05) is 11.9 Å². The molecule has 0 bridgehead atoms. The van der Waals surface area contributed by atoms with Crippen LogP contribution in [0.5, 0.6) is 0 Å². The third kappa shape index (κ3) is 2.74. The Bertz CT molecular complexity index is 468. The van der Waals surface area contributed by atoms with Crippen molar-refractivity contribution in [3.05, 3.63) is 34.7 Å². The molecule has 2 rings (SSSR count). The second kappa shape index (κ2) is 5.32. The van der Waals surface area contributed by atoms with Gasteiger partial charge in [0.25, 0.3) is 0 Å². The first-order chi connectivity index (χ1) is 7.79. The minimum absolute atomic E-state index is 0.744. The Morgan fingerprint density at radius 2 is 2.31 bits per heavy atom. The first kappa shape index (κ1) is 11.4. The molecule has 2 nitrogen and oxygen atoms in total. The molecule has 0 atom stereocenters. The normalized spacial score (nSPS) is 10.4. The van der Waals surface area contributed by atoms with E-state index in [2.05, 4.69) is 17.2 Å². The molecule has 0 saturated heterocycles. The van der Waals surface area contributed by atoms with Crippen molar-refractivity contribution < 1.29 is 0 Å². The lowest BCUT2D eigenvalue weighted by molar-refractivity contribution is 0.976. The van der Waals surface area contributed by atoms with E-state index < -0.39 is 0 Å². The summed E-state index contributed by atoms with van der Waals surface area (Å²) in [6, 6.07) is 7.76. The predicted octanol–water partition coefficient (Wildman–Crippen LogP) is 4.29. The summed E-state index contributed by atoms with van der Waals surface area (Å²) in [5.74, 6) is 0. The molecule has 0 spiro atoms. The van der Waals surface area contributed by atoms with Gasteiger partial charge in [-0.05, 0) is 18.6 Å². The number of nitrogens with one attached hydrogen (secondary N) is 1. The largest absolute Gasteiger partial charge is 0.362 e. The number of benzene rings is 1. The highest BCUT2D eigenvalue weighted by Gasteiger charge is 2.04. The van der Waals surface area contributed by atoms with Gasteiger partial charge in [-0.2, -0.15) is 0 Å². The SMILES string of the molecule is CCCNc1nc(-c2cccc(Cl)c2)cs1. The van der Waals surface area contributed by atoms with Crippen LogP contribution >= 0.6 is 22.9 Å². The van der Waals surface area contributed by atoms with Crippen molar-refractivity contribution >= 4 is 28.1 Å². The van der Waals surface area contributed by atoms with Gasteiger partial charge in [0.1, 0.15) is 0 Å². The lowest BCUT2D eigenvalue weighted by Crippen LogP contribution is -1.98. The molecule has 84 valence electrons. The van der Waals surface area contributed by atoms with Crippen LogP contribution in [0.1, 0.15) is 13.3 Å². The molecular weight excluding hydrogens is 240 g/mol. The first-order valence-electron chi connectivity index (χ1n) is 5.25. The van der Waals surface area contributed by atoms with Gasteiger partial charge in [-0.3, -0.25) is 0 Å². The lowest BCUT2D eigenvalue weighted by Gasteiger charge is -1.98. The summed E-state index contributed by atoms with van der Waals surface area (Å²) in [4.78, 5) is 4.51. The molecule has 2 aromatic rings. The Balaban J connectivity index is 2.18. The van der Waals surface area contributed by atoms with Gasteiger partial charge in [-0.25, -0.2) is 4.98 Å². The fourth-order valence-electron chi connectivity index (χ4n) is 1.37. The first-order valence-corrected chi connectivity index (χ1v) is 6.50. The summed E-state index contributed by atoms with van der Waals surface area (Å²) in [6.07, 6.45) is 1.10. The van der Waals surface area contributed by atoms with E-state index >= 15 is 0 Å². The zero-order chi connectivity index (χ0) is 11.4. The molecule has 1 N–H and O–H groups in total. The Kier molecular flexibility index (Phi) is 3.80. The maximum Gasteiger partial charge on any atom is 0.183 e. The number of anilines is 1. The minimum Gasteiger partial charge on any atom is -0.362 e. The minimum atomic E-state index is 0.744. The van der Waals surface area contributed by atoms with Gasteiger partial charge in [0, 0.05) is 22.5 Å². The van der Waals surface area contributed by atoms with E-state index in [1.54, 1.807) is 11.3 Å². The van der Waals surface area contributed by atoms with Crippen molar-refractivity contribution in [2.24, 2.45) is 0 Å². The molecule has 0 saturated carbocycles. The summed E-state index contributed by atoms with van der Waals surface area (Å²) in [5.41, 5.74) is 2.04. The molecular formula is C12H13ClN2S. The quantitative estimate of drug-likeness (QED) is 0.878. The number of halogens is 1. The van der Waals surface area contributed by atoms with Crippen LogP contribution in [0.2, 0.25) is 5.02 Å². The van der Waals surface area contributed by atoms with Gasteiger partial charge in [0.15, 0.2) is 5.13 Å². The summed E-state index contributed by atoms with van der Waals surface area (Å²) < 4.78 is 0. The van der Waals surface area contributed by atoms with Crippen molar-refractivity contribution in [3.8, 4) is 11.3 Å².